The van der Waals surface area contributed by atoms with Crippen LogP contribution in [0.1, 0.15) is 44.9 Å². The summed E-state index contributed by atoms with van der Waals surface area (Å²) in [5, 5.41) is 6.50. The van der Waals surface area contributed by atoms with Crippen molar-refractivity contribution in [1.29, 1.82) is 0 Å². The van der Waals surface area contributed by atoms with Crippen molar-refractivity contribution in [3.8, 4) is 0 Å². The van der Waals surface area contributed by atoms with Crippen molar-refractivity contribution in [1.82, 2.24) is 10.6 Å². The lowest BCUT2D eigenvalue weighted by molar-refractivity contribution is -0.0792. The molecule has 1 aromatic carbocycles. The Morgan fingerprint density at radius 3 is 2.78 bits per heavy atom. The maximum atomic E-state index is 12.6. The fourth-order valence-electron chi connectivity index (χ4n) is 4.00. The molecule has 0 bridgehead atoms. The molecule has 4 rings (SSSR count). The summed E-state index contributed by atoms with van der Waals surface area (Å²) >= 11 is 1.65. The molecule has 6 heteroatoms. The van der Waals surface area contributed by atoms with Gasteiger partial charge in [-0.25, -0.2) is 0 Å². The van der Waals surface area contributed by atoms with Gasteiger partial charge in [-0.05, 0) is 56.0 Å². The van der Waals surface area contributed by atoms with Crippen LogP contribution in [0.2, 0.25) is 0 Å². The van der Waals surface area contributed by atoms with Gasteiger partial charge in [-0.1, -0.05) is 30.3 Å². The molecule has 2 aromatic rings. The highest BCUT2D eigenvalue weighted by Crippen LogP contribution is 2.43. The highest BCUT2D eigenvalue weighted by atomic mass is 35.5. The maximum absolute atomic E-state index is 12.6. The van der Waals surface area contributed by atoms with Crippen molar-refractivity contribution >= 4 is 29.7 Å². The average molecular weight is 407 g/mol. The molecule has 2 aliphatic heterocycles. The molecule has 1 saturated heterocycles. The van der Waals surface area contributed by atoms with E-state index in [1.165, 1.54) is 16.0 Å². The third-order valence-corrected chi connectivity index (χ3v) is 6.61. The maximum Gasteiger partial charge on any atom is 0.261 e. The van der Waals surface area contributed by atoms with E-state index in [-0.39, 0.29) is 23.9 Å². The number of piperidine rings is 1. The van der Waals surface area contributed by atoms with Crippen LogP contribution in [-0.2, 0) is 23.2 Å². The number of hydrogen-bond acceptors (Lipinski definition) is 4. The number of benzene rings is 1. The molecule has 27 heavy (non-hydrogen) atoms. The van der Waals surface area contributed by atoms with Crippen molar-refractivity contribution in [3.63, 3.8) is 0 Å². The van der Waals surface area contributed by atoms with Gasteiger partial charge in [0, 0.05) is 17.8 Å². The highest BCUT2D eigenvalue weighted by molar-refractivity contribution is 7.14. The molecular formula is C21H27ClN2O2S. The first-order valence-corrected chi connectivity index (χ1v) is 10.4. The molecule has 1 spiro atoms. The number of nitrogens with one attached hydrogen (secondary N) is 2. The molecule has 1 fully saturated rings. The van der Waals surface area contributed by atoms with Gasteiger partial charge in [0.25, 0.3) is 5.91 Å². The van der Waals surface area contributed by atoms with Crippen molar-refractivity contribution in [2.75, 3.05) is 26.2 Å². The smallest absolute Gasteiger partial charge is 0.261 e. The summed E-state index contributed by atoms with van der Waals surface area (Å²) in [5.74, 6) is 0.0570. The Bertz CT molecular complexity index is 757. The standard InChI is InChI=1S/C21H26N2O2S.ClH/c24-20(23-11-4-7-16-5-2-1-3-6-16)19-15-17-18(26-19)8-14-25-21(17)9-12-22-13-10-21;/h1-3,5-6,15,22H,4,7-14H2,(H,23,24);1H. The molecule has 0 unspecified atom stereocenters. The van der Waals surface area contributed by atoms with Crippen molar-refractivity contribution < 1.29 is 9.53 Å². The lowest BCUT2D eigenvalue weighted by Crippen LogP contribution is -2.44. The highest BCUT2D eigenvalue weighted by Gasteiger charge is 2.40. The van der Waals surface area contributed by atoms with Gasteiger partial charge in [0.1, 0.15) is 0 Å². The van der Waals surface area contributed by atoms with Gasteiger partial charge in [0.15, 0.2) is 0 Å². The number of amides is 1. The second-order valence-corrected chi connectivity index (χ2v) is 8.27. The normalized spacial score (nSPS) is 17.8. The molecule has 4 nitrogen and oxygen atoms in total. The molecule has 0 aliphatic carbocycles. The Labute approximate surface area is 171 Å². The SMILES string of the molecule is Cl.O=C(NCCCc1ccccc1)c1cc2c(s1)CCOC21CCNCC1. The quantitative estimate of drug-likeness (QED) is 0.744. The fraction of sp³-hybridized carbons (Fsp3) is 0.476. The monoisotopic (exact) mass is 406 g/mol. The number of carbonyl (C=O) groups is 1. The van der Waals surface area contributed by atoms with Crippen LogP contribution in [-0.4, -0.2) is 32.1 Å². The van der Waals surface area contributed by atoms with Crippen LogP contribution in [0.15, 0.2) is 36.4 Å². The van der Waals surface area contributed by atoms with Gasteiger partial charge < -0.3 is 15.4 Å². The van der Waals surface area contributed by atoms with Crippen LogP contribution in [0.4, 0.5) is 0 Å². The molecule has 1 aromatic heterocycles. The van der Waals surface area contributed by atoms with Gasteiger partial charge in [-0.3, -0.25) is 4.79 Å². The van der Waals surface area contributed by atoms with Crippen LogP contribution in [0, 0.1) is 0 Å². The Morgan fingerprint density at radius 2 is 2.00 bits per heavy atom. The van der Waals surface area contributed by atoms with E-state index in [1.54, 1.807) is 11.3 Å². The number of aryl methyl sites for hydroxylation is 1. The van der Waals surface area contributed by atoms with Crippen molar-refractivity contribution in [2.24, 2.45) is 0 Å². The first-order valence-electron chi connectivity index (χ1n) is 9.57. The van der Waals surface area contributed by atoms with E-state index in [9.17, 15) is 4.79 Å². The second kappa shape index (κ2) is 9.20. The number of halogens is 1. The number of fused-ring (bicyclic) bond motifs is 2. The first-order chi connectivity index (χ1) is 12.8. The molecule has 0 radical (unpaired) electrons. The zero-order valence-electron chi connectivity index (χ0n) is 15.5. The Hall–Kier alpha value is -1.40. The van der Waals surface area contributed by atoms with Crippen LogP contribution < -0.4 is 10.6 Å². The predicted octanol–water partition coefficient (Wildman–Crippen LogP) is 3.68. The third-order valence-electron chi connectivity index (χ3n) is 5.41. The molecule has 2 N–H and O–H groups in total. The van der Waals surface area contributed by atoms with Crippen molar-refractivity contribution in [3.05, 3.63) is 57.3 Å². The topological polar surface area (TPSA) is 50.4 Å². The summed E-state index contributed by atoms with van der Waals surface area (Å²) in [6.07, 6.45) is 4.87. The van der Waals surface area contributed by atoms with Gasteiger partial charge in [-0.2, -0.15) is 0 Å². The van der Waals surface area contributed by atoms with E-state index >= 15 is 0 Å². The molecule has 146 valence electrons. The van der Waals surface area contributed by atoms with E-state index in [0.29, 0.717) is 6.54 Å². The van der Waals surface area contributed by atoms with E-state index < -0.39 is 0 Å². The lowest BCUT2D eigenvalue weighted by atomic mass is 9.83. The third kappa shape index (κ3) is 4.54. The van der Waals surface area contributed by atoms with Gasteiger partial charge in [0.2, 0.25) is 0 Å². The molecular weight excluding hydrogens is 380 g/mol. The number of hydrogen-bond donors (Lipinski definition) is 2. The predicted molar refractivity (Wildman–Crippen MR) is 112 cm³/mol. The minimum absolute atomic E-state index is 0. The number of thiophene rings is 1. The fourth-order valence-corrected chi connectivity index (χ4v) is 5.15. The molecule has 2 aliphatic rings. The van der Waals surface area contributed by atoms with Crippen LogP contribution in [0.5, 0.6) is 0 Å². The first kappa shape index (κ1) is 20.3. The minimum atomic E-state index is -0.166. The summed E-state index contributed by atoms with van der Waals surface area (Å²) in [5.41, 5.74) is 2.42. The van der Waals surface area contributed by atoms with E-state index in [1.807, 2.05) is 6.07 Å². The van der Waals surface area contributed by atoms with Crippen LogP contribution in [0.25, 0.3) is 0 Å². The largest absolute Gasteiger partial charge is 0.370 e. The van der Waals surface area contributed by atoms with E-state index in [2.05, 4.69) is 41.0 Å². The zero-order chi connectivity index (χ0) is 17.8. The Balaban J connectivity index is 0.00000210. The Kier molecular flexibility index (Phi) is 6.93. The van der Waals surface area contributed by atoms with Gasteiger partial charge in [0.05, 0.1) is 17.1 Å². The molecule has 1 amide bonds. The number of rotatable bonds is 5. The van der Waals surface area contributed by atoms with Crippen LogP contribution in [0.3, 0.4) is 0 Å². The number of ether oxygens (including phenoxy) is 1. The number of carbonyl (C=O) groups excluding carboxylic acids is 1. The van der Waals surface area contributed by atoms with Gasteiger partial charge >= 0.3 is 0 Å². The summed E-state index contributed by atoms with van der Waals surface area (Å²) < 4.78 is 6.21. The Morgan fingerprint density at radius 1 is 1.22 bits per heavy atom. The summed E-state index contributed by atoms with van der Waals surface area (Å²) in [7, 11) is 0. The van der Waals surface area contributed by atoms with Gasteiger partial charge in [-0.15, -0.1) is 23.7 Å². The molecule has 0 saturated carbocycles. The summed E-state index contributed by atoms with van der Waals surface area (Å²) in [4.78, 5) is 14.8. The minimum Gasteiger partial charge on any atom is -0.370 e. The zero-order valence-corrected chi connectivity index (χ0v) is 17.1. The average Bonchev–Trinajstić information content (AvgIpc) is 3.13. The molecule has 3 heterocycles. The summed E-state index contributed by atoms with van der Waals surface area (Å²) in [6, 6.07) is 12.5. The van der Waals surface area contributed by atoms with Crippen molar-refractivity contribution in [2.45, 2.75) is 37.7 Å². The van der Waals surface area contributed by atoms with E-state index in [0.717, 1.165) is 56.7 Å². The lowest BCUT2D eigenvalue weighted by Gasteiger charge is -2.40. The second-order valence-electron chi connectivity index (χ2n) is 7.14. The van der Waals surface area contributed by atoms with Crippen LogP contribution >= 0.6 is 23.7 Å². The molecule has 0 atom stereocenters. The summed E-state index contributed by atoms with van der Waals surface area (Å²) in [6.45, 7) is 3.44. The van der Waals surface area contributed by atoms with E-state index in [4.69, 9.17) is 4.74 Å².